The first-order chi connectivity index (χ1) is 2.50. The van der Waals surface area contributed by atoms with E-state index in [-0.39, 0.29) is 20.4 Å². The molecule has 0 amide bonds. The number of rotatable bonds is 0. The summed E-state index contributed by atoms with van der Waals surface area (Å²) < 4.78 is 0. The molecule has 35 valence electrons. The normalized spacial score (nSPS) is 16.0. The Balaban J connectivity index is 0.000000250. The van der Waals surface area contributed by atoms with Crippen molar-refractivity contribution in [1.29, 1.82) is 0 Å². The van der Waals surface area contributed by atoms with Crippen molar-refractivity contribution in [2.24, 2.45) is 0 Å². The molecule has 0 unspecified atom stereocenters. The zero-order valence-corrected chi connectivity index (χ0v) is 6.63. The third kappa shape index (κ3) is 1.86. The summed E-state index contributed by atoms with van der Waals surface area (Å²) in [4.78, 5) is 0. The van der Waals surface area contributed by atoms with Crippen molar-refractivity contribution in [3.8, 4) is 0 Å². The standard InChI is InChI=1S/C3H4NS.Re/c1-2-5-3-4-1;/h1-2H,3H2;/q-1;. The van der Waals surface area contributed by atoms with Crippen LogP contribution >= 0.6 is 11.8 Å². The molecular weight excluding hydrogens is 268 g/mol. The minimum atomic E-state index is 0. The van der Waals surface area contributed by atoms with E-state index in [2.05, 4.69) is 5.32 Å². The van der Waals surface area contributed by atoms with E-state index in [0.717, 1.165) is 5.88 Å². The molecule has 6 heavy (non-hydrogen) atoms. The van der Waals surface area contributed by atoms with Gasteiger partial charge in [-0.2, -0.15) is 18.0 Å². The average Bonchev–Trinajstić information content (AvgIpc) is 1.76. The second kappa shape index (κ2) is 3.73. The Hall–Kier alpha value is 0.552. The maximum absolute atomic E-state index is 3.87. The molecule has 3 heteroatoms. The Kier molecular flexibility index (Phi) is 4.08. The SMILES string of the molecule is C1=CSC[N-]1.[Re]. The minimum absolute atomic E-state index is 0. The van der Waals surface area contributed by atoms with Gasteiger partial charge in [0.2, 0.25) is 0 Å². The van der Waals surface area contributed by atoms with E-state index in [9.17, 15) is 0 Å². The van der Waals surface area contributed by atoms with E-state index in [1.165, 1.54) is 0 Å². The summed E-state index contributed by atoms with van der Waals surface area (Å²) in [6.07, 6.45) is 1.82. The zero-order valence-electron chi connectivity index (χ0n) is 3.10. The van der Waals surface area contributed by atoms with Crippen LogP contribution in [0.5, 0.6) is 0 Å². The van der Waals surface area contributed by atoms with Crippen molar-refractivity contribution < 1.29 is 20.4 Å². The first-order valence-corrected chi connectivity index (χ1v) is 2.48. The summed E-state index contributed by atoms with van der Waals surface area (Å²) in [5, 5.41) is 5.85. The van der Waals surface area contributed by atoms with Gasteiger partial charge in [-0.15, -0.1) is 0 Å². The van der Waals surface area contributed by atoms with Crippen molar-refractivity contribution in [1.82, 2.24) is 0 Å². The van der Waals surface area contributed by atoms with Crippen molar-refractivity contribution in [2.45, 2.75) is 0 Å². The van der Waals surface area contributed by atoms with E-state index in [1.54, 1.807) is 11.8 Å². The van der Waals surface area contributed by atoms with Crippen LogP contribution in [0.2, 0.25) is 0 Å². The van der Waals surface area contributed by atoms with E-state index >= 15 is 0 Å². The van der Waals surface area contributed by atoms with Crippen LogP contribution in [0.3, 0.4) is 0 Å². The summed E-state index contributed by atoms with van der Waals surface area (Å²) in [6, 6.07) is 0. The topological polar surface area (TPSA) is 14.1 Å². The van der Waals surface area contributed by atoms with E-state index in [0.29, 0.717) is 0 Å². The largest absolute Gasteiger partial charge is 0.682 e. The Morgan fingerprint density at radius 3 is 2.67 bits per heavy atom. The number of nitrogens with zero attached hydrogens (tertiary/aromatic N) is 1. The summed E-state index contributed by atoms with van der Waals surface area (Å²) in [7, 11) is 0. The molecule has 1 rings (SSSR count). The maximum Gasteiger partial charge on any atom is 0 e. The van der Waals surface area contributed by atoms with E-state index in [4.69, 9.17) is 0 Å². The maximum atomic E-state index is 3.87. The molecular formula is C3H4NReS-. The monoisotopic (exact) mass is 273 g/mol. The molecule has 1 aliphatic rings. The van der Waals surface area contributed by atoms with Gasteiger partial charge in [0.25, 0.3) is 0 Å². The summed E-state index contributed by atoms with van der Waals surface area (Å²) in [6.45, 7) is 0. The Morgan fingerprint density at radius 1 is 1.67 bits per heavy atom. The van der Waals surface area contributed by atoms with Crippen molar-refractivity contribution in [3.63, 3.8) is 0 Å². The first-order valence-electron chi connectivity index (χ1n) is 1.43. The second-order valence-corrected chi connectivity index (χ2v) is 1.63. The van der Waals surface area contributed by atoms with Gasteiger partial charge in [-0.3, -0.25) is 0 Å². The van der Waals surface area contributed by atoms with Gasteiger partial charge in [0, 0.05) is 20.4 Å². The molecule has 0 aromatic rings. The van der Waals surface area contributed by atoms with Crippen molar-refractivity contribution in [3.05, 3.63) is 16.9 Å². The van der Waals surface area contributed by atoms with Crippen LogP contribution in [0, 0.1) is 0 Å². The van der Waals surface area contributed by atoms with Crippen molar-refractivity contribution >= 4 is 11.8 Å². The molecule has 0 N–H and O–H groups in total. The predicted molar refractivity (Wildman–Crippen MR) is 25.0 cm³/mol. The molecule has 0 saturated carbocycles. The molecule has 1 aliphatic heterocycles. The third-order valence-corrected chi connectivity index (χ3v) is 1.02. The van der Waals surface area contributed by atoms with Crippen LogP contribution in [0.25, 0.3) is 5.32 Å². The molecule has 1 nitrogen and oxygen atoms in total. The fourth-order valence-electron chi connectivity index (χ4n) is 0.215. The number of thioether (sulfide) groups is 1. The summed E-state index contributed by atoms with van der Waals surface area (Å²) in [5.74, 6) is 0.931. The first kappa shape index (κ1) is 6.55. The van der Waals surface area contributed by atoms with E-state index < -0.39 is 0 Å². The van der Waals surface area contributed by atoms with Crippen LogP contribution in [0.15, 0.2) is 11.6 Å². The van der Waals surface area contributed by atoms with Gasteiger partial charge < -0.3 is 5.32 Å². The third-order valence-electron chi connectivity index (χ3n) is 0.412. The van der Waals surface area contributed by atoms with Crippen LogP contribution < -0.4 is 0 Å². The quantitative estimate of drug-likeness (QED) is 0.652. The molecule has 0 saturated heterocycles. The zero-order chi connectivity index (χ0) is 3.54. The van der Waals surface area contributed by atoms with Gasteiger partial charge in [-0.1, -0.05) is 11.3 Å². The fraction of sp³-hybridized carbons (Fsp3) is 0.333. The molecule has 1 heterocycles. The predicted octanol–water partition coefficient (Wildman–Crippen LogP) is 1.53. The second-order valence-electron chi connectivity index (χ2n) is 0.763. The van der Waals surface area contributed by atoms with Gasteiger partial charge in [-0.05, 0) is 0 Å². The molecule has 1 radical (unpaired) electrons. The molecule has 0 aromatic carbocycles. The summed E-state index contributed by atoms with van der Waals surface area (Å²) in [5.41, 5.74) is 0. The molecule has 0 bridgehead atoms. The summed E-state index contributed by atoms with van der Waals surface area (Å²) >= 11 is 1.73. The van der Waals surface area contributed by atoms with Crippen LogP contribution in [0.1, 0.15) is 0 Å². The Morgan fingerprint density at radius 2 is 2.50 bits per heavy atom. The van der Waals surface area contributed by atoms with Crippen LogP contribution in [-0.4, -0.2) is 5.88 Å². The number of hydrogen-bond acceptors (Lipinski definition) is 1. The average molecular weight is 272 g/mol. The van der Waals surface area contributed by atoms with Gasteiger partial charge >= 0.3 is 0 Å². The fourth-order valence-corrected chi connectivity index (χ4v) is 0.645. The smallest absolute Gasteiger partial charge is 0 e. The minimum Gasteiger partial charge on any atom is -0.682 e. The van der Waals surface area contributed by atoms with Gasteiger partial charge in [-0.25, -0.2) is 0 Å². The van der Waals surface area contributed by atoms with Crippen LogP contribution in [-0.2, 0) is 20.4 Å². The Bertz CT molecular complexity index is 48.8. The molecule has 0 aromatic heterocycles. The Labute approximate surface area is 55.2 Å². The van der Waals surface area contributed by atoms with Gasteiger partial charge in [0.15, 0.2) is 0 Å². The van der Waals surface area contributed by atoms with Gasteiger partial charge in [0.05, 0.1) is 0 Å². The van der Waals surface area contributed by atoms with E-state index in [1.807, 2.05) is 11.6 Å². The molecule has 0 atom stereocenters. The molecule has 0 aliphatic carbocycles. The number of hydrogen-bond donors (Lipinski definition) is 0. The van der Waals surface area contributed by atoms with Gasteiger partial charge in [0.1, 0.15) is 0 Å². The molecule has 0 fully saturated rings. The van der Waals surface area contributed by atoms with Crippen molar-refractivity contribution in [2.75, 3.05) is 5.88 Å². The molecule has 0 spiro atoms. The van der Waals surface area contributed by atoms with Crippen LogP contribution in [0.4, 0.5) is 0 Å².